The number of ether oxygens (including phenoxy) is 1. The molecule has 1 aromatic carbocycles. The lowest BCUT2D eigenvalue weighted by Gasteiger charge is -2.34. The van der Waals surface area contributed by atoms with E-state index in [1.165, 1.54) is 11.3 Å². The number of nitrogens with zero attached hydrogens (tertiary/aromatic N) is 5. The molecule has 2 saturated heterocycles. The van der Waals surface area contributed by atoms with Gasteiger partial charge in [-0.3, -0.25) is 0 Å². The Morgan fingerprint density at radius 3 is 2.69 bits per heavy atom. The van der Waals surface area contributed by atoms with Crippen molar-refractivity contribution in [3.63, 3.8) is 0 Å². The van der Waals surface area contributed by atoms with Gasteiger partial charge in [-0.2, -0.15) is 9.97 Å². The van der Waals surface area contributed by atoms with Crippen LogP contribution in [-0.2, 0) is 0 Å². The molecule has 0 unspecified atom stereocenters. The highest BCUT2D eigenvalue weighted by molar-refractivity contribution is 9.10. The topological polar surface area (TPSA) is 82.0 Å². The van der Waals surface area contributed by atoms with Crippen molar-refractivity contribution in [1.29, 1.82) is 0 Å². The van der Waals surface area contributed by atoms with Gasteiger partial charge in [0, 0.05) is 42.1 Å². The van der Waals surface area contributed by atoms with E-state index in [-0.39, 0.29) is 0 Å². The van der Waals surface area contributed by atoms with Gasteiger partial charge in [0.2, 0.25) is 0 Å². The van der Waals surface area contributed by atoms with Crippen LogP contribution in [-0.4, -0.2) is 83.4 Å². The third kappa shape index (κ3) is 4.36. The number of likely N-dealkylation sites (tertiary alicyclic amines) is 1. The number of amides is 1. The monoisotopic (exact) mass is 483 g/mol. The number of benzene rings is 1. The number of halogens is 2. The van der Waals surface area contributed by atoms with Crippen molar-refractivity contribution in [2.45, 2.75) is 18.9 Å². The normalized spacial score (nSPS) is 20.4. The second-order valence-corrected chi connectivity index (χ2v) is 8.72. The van der Waals surface area contributed by atoms with Crippen molar-refractivity contribution < 1.29 is 14.6 Å². The zero-order valence-electron chi connectivity index (χ0n) is 16.1. The van der Waals surface area contributed by atoms with Gasteiger partial charge in [-0.1, -0.05) is 11.6 Å². The molecule has 156 valence electrons. The molecule has 1 N–H and O–H groups in total. The zero-order chi connectivity index (χ0) is 20.5. The third-order valence-corrected chi connectivity index (χ3v) is 6.82. The van der Waals surface area contributed by atoms with Gasteiger partial charge >= 0.3 is 12.1 Å². The van der Waals surface area contributed by atoms with Crippen molar-refractivity contribution in [2.75, 3.05) is 51.3 Å². The molecule has 1 amide bonds. The predicted molar refractivity (Wildman–Crippen MR) is 115 cm³/mol. The third-order valence-electron chi connectivity index (χ3n) is 5.62. The summed E-state index contributed by atoms with van der Waals surface area (Å²) in [6.07, 6.45) is 1.38. The van der Waals surface area contributed by atoms with Gasteiger partial charge in [0.1, 0.15) is 12.4 Å². The lowest BCUT2D eigenvalue weighted by atomic mass is 10.2. The van der Waals surface area contributed by atoms with E-state index in [9.17, 15) is 9.90 Å². The lowest BCUT2D eigenvalue weighted by Crippen LogP contribution is -2.48. The molecule has 2 fully saturated rings. The summed E-state index contributed by atoms with van der Waals surface area (Å²) >= 11 is 9.77. The fourth-order valence-corrected chi connectivity index (χ4v) is 4.36. The van der Waals surface area contributed by atoms with E-state index in [1.54, 1.807) is 6.07 Å². The van der Waals surface area contributed by atoms with E-state index in [2.05, 4.69) is 37.8 Å². The summed E-state index contributed by atoms with van der Waals surface area (Å²) in [4.78, 5) is 26.3. The van der Waals surface area contributed by atoms with E-state index in [0.29, 0.717) is 55.4 Å². The number of aromatic nitrogens is 2. The Balaban J connectivity index is 1.63. The van der Waals surface area contributed by atoms with Gasteiger partial charge in [0.25, 0.3) is 0 Å². The molecule has 29 heavy (non-hydrogen) atoms. The Kier molecular flexibility index (Phi) is 5.98. The highest BCUT2D eigenvalue weighted by Gasteiger charge is 2.25. The second-order valence-electron chi connectivity index (χ2n) is 7.46. The Morgan fingerprint density at radius 1 is 1.28 bits per heavy atom. The van der Waals surface area contributed by atoms with Gasteiger partial charge in [-0.15, -0.1) is 0 Å². The Bertz CT molecular complexity index is 922. The van der Waals surface area contributed by atoms with Crippen LogP contribution in [0.1, 0.15) is 12.8 Å². The van der Waals surface area contributed by atoms with Crippen LogP contribution in [0.5, 0.6) is 6.01 Å². The molecule has 10 heteroatoms. The highest BCUT2D eigenvalue weighted by atomic mass is 79.9. The maximum Gasteiger partial charge on any atom is 0.407 e. The molecule has 8 nitrogen and oxygen atoms in total. The summed E-state index contributed by atoms with van der Waals surface area (Å²) in [5.41, 5.74) is 0.707. The van der Waals surface area contributed by atoms with Crippen LogP contribution in [0.2, 0.25) is 5.02 Å². The van der Waals surface area contributed by atoms with E-state index in [1.807, 2.05) is 6.07 Å². The Morgan fingerprint density at radius 2 is 2.03 bits per heavy atom. The first-order chi connectivity index (χ1) is 13.9. The number of piperazine rings is 1. The van der Waals surface area contributed by atoms with E-state index in [4.69, 9.17) is 21.3 Å². The van der Waals surface area contributed by atoms with Crippen molar-refractivity contribution >= 4 is 50.3 Å². The summed E-state index contributed by atoms with van der Waals surface area (Å²) in [5, 5.41) is 10.6. The van der Waals surface area contributed by atoms with Crippen molar-refractivity contribution in [3.05, 3.63) is 21.6 Å². The van der Waals surface area contributed by atoms with Crippen LogP contribution in [0.4, 0.5) is 10.6 Å². The molecule has 0 aliphatic carbocycles. The van der Waals surface area contributed by atoms with Crippen LogP contribution >= 0.6 is 27.5 Å². The molecular weight excluding hydrogens is 462 g/mol. The molecule has 1 aromatic heterocycles. The largest absolute Gasteiger partial charge is 0.465 e. The first-order valence-corrected chi connectivity index (χ1v) is 10.8. The van der Waals surface area contributed by atoms with Crippen molar-refractivity contribution in [3.8, 4) is 6.01 Å². The molecule has 2 aliphatic rings. The number of hydrogen-bond acceptors (Lipinski definition) is 6. The predicted octanol–water partition coefficient (Wildman–Crippen LogP) is 3.32. The lowest BCUT2D eigenvalue weighted by molar-refractivity contribution is 0.142. The van der Waals surface area contributed by atoms with E-state index in [0.717, 1.165) is 28.6 Å². The maximum absolute atomic E-state index is 11.2. The minimum absolute atomic E-state index is 0.326. The first kappa shape index (κ1) is 20.4. The zero-order valence-corrected chi connectivity index (χ0v) is 18.5. The summed E-state index contributed by atoms with van der Waals surface area (Å²) in [7, 11) is 2.10. The van der Waals surface area contributed by atoms with Crippen LogP contribution in [0.3, 0.4) is 0 Å². The van der Waals surface area contributed by atoms with Crippen LogP contribution in [0, 0.1) is 0 Å². The standard InChI is InChI=1S/C19H23BrClN5O3/c1-24-4-2-3-12(24)11-29-18-22-16-10-15(21)14(20)9-13(16)17(23-18)25-5-7-26(8-6-25)19(27)28/h9-10,12H,2-8,11H2,1H3,(H,27,28)/t12-/m0/s1. The summed E-state index contributed by atoms with van der Waals surface area (Å²) in [6.45, 7) is 3.60. The number of likely N-dealkylation sites (N-methyl/N-ethyl adjacent to an activating group) is 1. The van der Waals surface area contributed by atoms with Crippen molar-refractivity contribution in [1.82, 2.24) is 19.8 Å². The molecule has 2 aliphatic heterocycles. The number of hydrogen-bond donors (Lipinski definition) is 1. The van der Waals surface area contributed by atoms with Crippen LogP contribution < -0.4 is 9.64 Å². The molecular formula is C19H23BrClN5O3. The Hall–Kier alpha value is -1.84. The average Bonchev–Trinajstić information content (AvgIpc) is 3.12. The summed E-state index contributed by atoms with van der Waals surface area (Å²) < 4.78 is 6.75. The van der Waals surface area contributed by atoms with Gasteiger partial charge in [-0.25, -0.2) is 4.79 Å². The SMILES string of the molecule is CN1CCC[C@H]1COc1nc(N2CCN(C(=O)O)CC2)c2cc(Br)c(Cl)cc2n1. The fourth-order valence-electron chi connectivity index (χ4n) is 3.86. The van der Waals surface area contributed by atoms with Gasteiger partial charge < -0.3 is 24.5 Å². The number of anilines is 1. The highest BCUT2D eigenvalue weighted by Crippen LogP contribution is 2.33. The second kappa shape index (κ2) is 8.49. The number of fused-ring (bicyclic) bond motifs is 1. The first-order valence-electron chi connectivity index (χ1n) is 9.65. The van der Waals surface area contributed by atoms with E-state index < -0.39 is 6.09 Å². The van der Waals surface area contributed by atoms with Crippen LogP contribution in [0.15, 0.2) is 16.6 Å². The smallest absolute Gasteiger partial charge is 0.407 e. The maximum atomic E-state index is 11.2. The number of carbonyl (C=O) groups is 1. The minimum Gasteiger partial charge on any atom is -0.465 e. The Labute approximate surface area is 182 Å². The van der Waals surface area contributed by atoms with E-state index >= 15 is 0 Å². The molecule has 0 spiro atoms. The fraction of sp³-hybridized carbons (Fsp3) is 0.526. The molecule has 1 atom stereocenters. The molecule has 0 bridgehead atoms. The molecule has 0 radical (unpaired) electrons. The summed E-state index contributed by atoms with van der Waals surface area (Å²) in [6, 6.07) is 4.40. The number of rotatable bonds is 4. The molecule has 4 rings (SSSR count). The number of carboxylic acid groups (broad SMARTS) is 1. The van der Waals surface area contributed by atoms with Gasteiger partial charge in [0.05, 0.1) is 10.5 Å². The van der Waals surface area contributed by atoms with Crippen LogP contribution in [0.25, 0.3) is 10.9 Å². The summed E-state index contributed by atoms with van der Waals surface area (Å²) in [5.74, 6) is 0.743. The van der Waals surface area contributed by atoms with Gasteiger partial charge in [-0.05, 0) is 54.5 Å². The average molecular weight is 485 g/mol. The molecule has 2 aromatic rings. The quantitative estimate of drug-likeness (QED) is 0.713. The van der Waals surface area contributed by atoms with Crippen molar-refractivity contribution in [2.24, 2.45) is 0 Å². The van der Waals surface area contributed by atoms with Gasteiger partial charge in [0.15, 0.2) is 0 Å². The minimum atomic E-state index is -0.892. The molecule has 3 heterocycles. The molecule has 0 saturated carbocycles.